The van der Waals surface area contributed by atoms with Gasteiger partial charge in [-0.15, -0.1) is 0 Å². The lowest BCUT2D eigenvalue weighted by Crippen LogP contribution is -2.32. The number of carbonyl (C=O) groups is 1. The molecule has 0 atom stereocenters. The minimum atomic E-state index is 0.0880. The Morgan fingerprint density at radius 2 is 2.47 bits per heavy atom. The van der Waals surface area contributed by atoms with E-state index in [0.717, 1.165) is 12.5 Å². The zero-order valence-corrected chi connectivity index (χ0v) is 8.89. The van der Waals surface area contributed by atoms with Gasteiger partial charge in [-0.3, -0.25) is 9.48 Å². The molecule has 82 valence electrons. The maximum Gasteiger partial charge on any atom is 0.244 e. The van der Waals surface area contributed by atoms with Crippen LogP contribution >= 0.6 is 0 Å². The first-order chi connectivity index (χ1) is 7.15. The molecule has 1 aliphatic rings. The molecule has 0 aromatic carbocycles. The number of rotatable bonds is 4. The molecule has 0 aliphatic heterocycles. The van der Waals surface area contributed by atoms with E-state index in [0.29, 0.717) is 5.82 Å². The molecule has 0 spiro atoms. The third-order valence-electron chi connectivity index (χ3n) is 2.61. The lowest BCUT2D eigenvalue weighted by molar-refractivity contribution is -0.130. The van der Waals surface area contributed by atoms with E-state index >= 15 is 0 Å². The molecule has 1 aliphatic carbocycles. The molecule has 0 bridgehead atoms. The van der Waals surface area contributed by atoms with Crippen LogP contribution in [0.3, 0.4) is 0 Å². The van der Waals surface area contributed by atoms with Gasteiger partial charge in [0.15, 0.2) is 0 Å². The molecule has 0 unspecified atom stereocenters. The van der Waals surface area contributed by atoms with Crippen molar-refractivity contribution in [1.29, 1.82) is 0 Å². The van der Waals surface area contributed by atoms with Gasteiger partial charge in [0, 0.05) is 19.8 Å². The minimum Gasteiger partial charge on any atom is -0.382 e. The van der Waals surface area contributed by atoms with Gasteiger partial charge in [-0.1, -0.05) is 0 Å². The summed E-state index contributed by atoms with van der Waals surface area (Å²) in [7, 11) is 1.84. The monoisotopic (exact) mass is 208 g/mol. The number of nitrogen functional groups attached to an aromatic ring is 1. The fourth-order valence-corrected chi connectivity index (χ4v) is 1.51. The largest absolute Gasteiger partial charge is 0.382 e. The van der Waals surface area contributed by atoms with Crippen LogP contribution in [0.15, 0.2) is 12.3 Å². The van der Waals surface area contributed by atoms with Crippen molar-refractivity contribution in [2.24, 2.45) is 5.92 Å². The fourth-order valence-electron chi connectivity index (χ4n) is 1.51. The topological polar surface area (TPSA) is 64.2 Å². The van der Waals surface area contributed by atoms with Crippen LogP contribution in [0, 0.1) is 5.92 Å². The van der Waals surface area contributed by atoms with Crippen LogP contribution in [0.4, 0.5) is 5.82 Å². The van der Waals surface area contributed by atoms with Crippen LogP contribution in [0.25, 0.3) is 0 Å². The van der Waals surface area contributed by atoms with Crippen LogP contribution in [0.2, 0.25) is 0 Å². The Morgan fingerprint density at radius 1 is 1.73 bits per heavy atom. The van der Waals surface area contributed by atoms with E-state index in [1.54, 1.807) is 21.8 Å². The van der Waals surface area contributed by atoms with Gasteiger partial charge in [0.25, 0.3) is 0 Å². The van der Waals surface area contributed by atoms with E-state index in [1.807, 2.05) is 7.05 Å². The number of hydrogen-bond donors (Lipinski definition) is 1. The molecule has 2 N–H and O–H groups in total. The van der Waals surface area contributed by atoms with Gasteiger partial charge in [-0.2, -0.15) is 5.10 Å². The lowest BCUT2D eigenvalue weighted by atomic mass is 10.4. The minimum absolute atomic E-state index is 0.0880. The predicted octanol–water partition coefficient (Wildman–Crippen LogP) is 0.334. The fraction of sp³-hybridized carbons (Fsp3) is 0.600. The summed E-state index contributed by atoms with van der Waals surface area (Å²) < 4.78 is 1.57. The molecule has 1 aromatic rings. The molecule has 1 amide bonds. The van der Waals surface area contributed by atoms with Crippen LogP contribution in [0.1, 0.15) is 12.8 Å². The van der Waals surface area contributed by atoms with Crippen molar-refractivity contribution in [3.63, 3.8) is 0 Å². The zero-order chi connectivity index (χ0) is 10.8. The van der Waals surface area contributed by atoms with Crippen molar-refractivity contribution in [1.82, 2.24) is 14.7 Å². The van der Waals surface area contributed by atoms with Crippen LogP contribution < -0.4 is 5.73 Å². The van der Waals surface area contributed by atoms with E-state index in [9.17, 15) is 4.79 Å². The molecular formula is C10H16N4O. The third-order valence-corrected chi connectivity index (χ3v) is 2.61. The summed E-state index contributed by atoms with van der Waals surface area (Å²) in [5.74, 6) is 1.26. The van der Waals surface area contributed by atoms with Crippen molar-refractivity contribution in [2.75, 3.05) is 19.3 Å². The lowest BCUT2D eigenvalue weighted by Gasteiger charge is -2.16. The van der Waals surface area contributed by atoms with Gasteiger partial charge < -0.3 is 10.6 Å². The summed E-state index contributed by atoms with van der Waals surface area (Å²) in [5.41, 5.74) is 5.46. The van der Waals surface area contributed by atoms with Gasteiger partial charge in [0.05, 0.1) is 0 Å². The Balaban J connectivity index is 1.85. The average molecular weight is 208 g/mol. The highest BCUT2D eigenvalue weighted by Gasteiger charge is 2.24. The molecule has 0 saturated heterocycles. The smallest absolute Gasteiger partial charge is 0.244 e. The van der Waals surface area contributed by atoms with E-state index in [-0.39, 0.29) is 12.5 Å². The van der Waals surface area contributed by atoms with Gasteiger partial charge >= 0.3 is 0 Å². The van der Waals surface area contributed by atoms with E-state index < -0.39 is 0 Å². The molecule has 0 radical (unpaired) electrons. The van der Waals surface area contributed by atoms with Gasteiger partial charge in [-0.05, 0) is 24.8 Å². The Morgan fingerprint density at radius 3 is 3.00 bits per heavy atom. The van der Waals surface area contributed by atoms with Crippen molar-refractivity contribution in [2.45, 2.75) is 19.4 Å². The number of anilines is 1. The number of aromatic nitrogens is 2. The molecule has 5 nitrogen and oxygen atoms in total. The molecule has 1 heterocycles. The summed E-state index contributed by atoms with van der Waals surface area (Å²) in [6.45, 7) is 1.15. The second-order valence-corrected chi connectivity index (χ2v) is 4.16. The van der Waals surface area contributed by atoms with E-state index in [2.05, 4.69) is 5.10 Å². The molecule has 1 fully saturated rings. The second kappa shape index (κ2) is 3.92. The maximum absolute atomic E-state index is 11.7. The average Bonchev–Trinajstić information content (AvgIpc) is 2.90. The van der Waals surface area contributed by atoms with E-state index in [4.69, 9.17) is 5.73 Å². The van der Waals surface area contributed by atoms with Crippen molar-refractivity contribution in [3.8, 4) is 0 Å². The highest BCUT2D eigenvalue weighted by molar-refractivity contribution is 5.75. The Hall–Kier alpha value is -1.52. The SMILES string of the molecule is CN(CC1CC1)C(=O)Cn1ccc(N)n1. The van der Waals surface area contributed by atoms with E-state index in [1.165, 1.54) is 12.8 Å². The summed E-state index contributed by atoms with van der Waals surface area (Å²) in [5, 5.41) is 3.97. The van der Waals surface area contributed by atoms with Crippen molar-refractivity contribution < 1.29 is 4.79 Å². The molecule has 1 aromatic heterocycles. The van der Waals surface area contributed by atoms with Gasteiger partial charge in [0.1, 0.15) is 12.4 Å². The first-order valence-corrected chi connectivity index (χ1v) is 5.18. The summed E-state index contributed by atoms with van der Waals surface area (Å²) in [6.07, 6.45) is 4.23. The quantitative estimate of drug-likeness (QED) is 0.775. The summed E-state index contributed by atoms with van der Waals surface area (Å²) in [6, 6.07) is 1.69. The number of hydrogen-bond acceptors (Lipinski definition) is 3. The number of amides is 1. The molecule has 1 saturated carbocycles. The third kappa shape index (κ3) is 2.71. The normalized spacial score (nSPS) is 15.3. The first kappa shape index (κ1) is 10.0. The molecular weight excluding hydrogens is 192 g/mol. The molecule has 15 heavy (non-hydrogen) atoms. The Bertz CT molecular complexity index is 356. The van der Waals surface area contributed by atoms with Gasteiger partial charge in [0.2, 0.25) is 5.91 Å². The van der Waals surface area contributed by atoms with Crippen LogP contribution in [-0.2, 0) is 11.3 Å². The zero-order valence-electron chi connectivity index (χ0n) is 8.89. The van der Waals surface area contributed by atoms with Crippen LogP contribution in [0.5, 0.6) is 0 Å². The predicted molar refractivity (Wildman–Crippen MR) is 57.0 cm³/mol. The Kier molecular flexibility index (Phi) is 2.62. The summed E-state index contributed by atoms with van der Waals surface area (Å²) in [4.78, 5) is 13.5. The highest BCUT2D eigenvalue weighted by atomic mass is 16.2. The number of nitrogens with two attached hydrogens (primary N) is 1. The number of likely N-dealkylation sites (N-methyl/N-ethyl adjacent to an activating group) is 1. The number of nitrogens with zero attached hydrogens (tertiary/aromatic N) is 3. The standard InChI is InChI=1S/C10H16N4O/c1-13(6-8-2-3-8)10(15)7-14-5-4-9(11)12-14/h4-5,8H,2-3,6-7H2,1H3,(H2,11,12). The first-order valence-electron chi connectivity index (χ1n) is 5.18. The molecule has 5 heteroatoms. The Labute approximate surface area is 88.8 Å². The maximum atomic E-state index is 11.7. The number of carbonyl (C=O) groups excluding carboxylic acids is 1. The highest BCUT2D eigenvalue weighted by Crippen LogP contribution is 2.29. The second-order valence-electron chi connectivity index (χ2n) is 4.16. The van der Waals surface area contributed by atoms with Gasteiger partial charge in [-0.25, -0.2) is 0 Å². The molecule has 2 rings (SSSR count). The summed E-state index contributed by atoms with van der Waals surface area (Å²) >= 11 is 0. The van der Waals surface area contributed by atoms with Crippen molar-refractivity contribution in [3.05, 3.63) is 12.3 Å². The van der Waals surface area contributed by atoms with Crippen LogP contribution in [-0.4, -0.2) is 34.2 Å². The van der Waals surface area contributed by atoms with Crippen molar-refractivity contribution >= 4 is 11.7 Å².